The first-order valence-corrected chi connectivity index (χ1v) is 5.94. The molecule has 1 aromatic heterocycles. The molecule has 0 spiro atoms. The van der Waals surface area contributed by atoms with Crippen LogP contribution in [0.4, 0.5) is 0 Å². The highest BCUT2D eigenvalue weighted by Crippen LogP contribution is 2.23. The summed E-state index contributed by atoms with van der Waals surface area (Å²) in [5, 5.41) is 4.16. The zero-order chi connectivity index (χ0) is 10.6. The van der Waals surface area contributed by atoms with Crippen molar-refractivity contribution in [2.45, 2.75) is 32.9 Å². The Labute approximate surface area is 90.1 Å². The third kappa shape index (κ3) is 3.40. The molecule has 0 aromatic carbocycles. The lowest BCUT2D eigenvalue weighted by Crippen LogP contribution is -2.27. The second-order valence-electron chi connectivity index (χ2n) is 4.06. The van der Waals surface area contributed by atoms with Gasteiger partial charge in [-0.2, -0.15) is 11.3 Å². The van der Waals surface area contributed by atoms with Crippen molar-refractivity contribution in [2.75, 3.05) is 6.61 Å². The Morgan fingerprint density at radius 2 is 2.14 bits per heavy atom. The first-order chi connectivity index (χ1) is 6.61. The topological polar surface area (TPSA) is 35.2 Å². The fraction of sp³-hybridized carbons (Fsp3) is 0.636. The van der Waals surface area contributed by atoms with Crippen molar-refractivity contribution in [1.82, 2.24) is 0 Å². The Bertz CT molecular complexity index is 244. The van der Waals surface area contributed by atoms with Gasteiger partial charge in [0.15, 0.2) is 0 Å². The molecule has 2 N–H and O–H groups in total. The molecule has 2 unspecified atom stereocenters. The van der Waals surface area contributed by atoms with Gasteiger partial charge in [-0.1, -0.05) is 13.8 Å². The van der Waals surface area contributed by atoms with Crippen molar-refractivity contribution in [3.8, 4) is 0 Å². The van der Waals surface area contributed by atoms with Gasteiger partial charge in [-0.25, -0.2) is 0 Å². The number of hydrogen-bond acceptors (Lipinski definition) is 3. The summed E-state index contributed by atoms with van der Waals surface area (Å²) in [6.07, 6.45) is 0.0450. The van der Waals surface area contributed by atoms with Crippen molar-refractivity contribution >= 4 is 11.3 Å². The lowest BCUT2D eigenvalue weighted by Gasteiger charge is -2.21. The van der Waals surface area contributed by atoms with Crippen LogP contribution in [0.3, 0.4) is 0 Å². The Kier molecular flexibility index (Phi) is 4.58. The number of thiophene rings is 1. The molecule has 2 atom stereocenters. The van der Waals surface area contributed by atoms with Crippen LogP contribution in [-0.4, -0.2) is 12.6 Å². The average molecular weight is 213 g/mol. The molecule has 0 radical (unpaired) electrons. The molecule has 2 nitrogen and oxygen atoms in total. The molecular weight excluding hydrogens is 194 g/mol. The van der Waals surface area contributed by atoms with Crippen LogP contribution in [0.25, 0.3) is 0 Å². The second-order valence-corrected chi connectivity index (χ2v) is 4.84. The van der Waals surface area contributed by atoms with Crippen LogP contribution in [0.5, 0.6) is 0 Å². The summed E-state index contributed by atoms with van der Waals surface area (Å²) in [7, 11) is 0. The molecule has 1 heterocycles. The normalized spacial score (nSPS) is 15.8. The van der Waals surface area contributed by atoms with E-state index in [0.717, 1.165) is 6.61 Å². The lowest BCUT2D eigenvalue weighted by molar-refractivity contribution is 0.0224. The Hall–Kier alpha value is -0.380. The van der Waals surface area contributed by atoms with Crippen LogP contribution in [0.1, 0.15) is 32.4 Å². The molecule has 0 bridgehead atoms. The van der Waals surface area contributed by atoms with Gasteiger partial charge in [-0.05, 0) is 35.2 Å². The monoisotopic (exact) mass is 213 g/mol. The van der Waals surface area contributed by atoms with Crippen molar-refractivity contribution in [2.24, 2.45) is 11.7 Å². The van der Waals surface area contributed by atoms with Crippen LogP contribution >= 0.6 is 11.3 Å². The first kappa shape index (κ1) is 11.7. The lowest BCUT2D eigenvalue weighted by atomic mass is 10.1. The number of ether oxygens (including phenoxy) is 1. The maximum atomic E-state index is 5.89. The number of hydrogen-bond donors (Lipinski definition) is 1. The number of rotatable bonds is 5. The van der Waals surface area contributed by atoms with Gasteiger partial charge in [0.1, 0.15) is 0 Å². The molecule has 14 heavy (non-hydrogen) atoms. The first-order valence-electron chi connectivity index (χ1n) is 5.00. The third-order valence-corrected chi connectivity index (χ3v) is 2.66. The minimum atomic E-state index is 0.0448. The summed E-state index contributed by atoms with van der Waals surface area (Å²) >= 11 is 1.68. The van der Waals surface area contributed by atoms with Gasteiger partial charge in [0.05, 0.1) is 6.10 Å². The second kappa shape index (κ2) is 5.49. The molecule has 0 aliphatic carbocycles. The van der Waals surface area contributed by atoms with E-state index in [0.29, 0.717) is 5.92 Å². The van der Waals surface area contributed by atoms with Gasteiger partial charge in [0.25, 0.3) is 0 Å². The van der Waals surface area contributed by atoms with E-state index in [4.69, 9.17) is 10.5 Å². The Morgan fingerprint density at radius 3 is 2.57 bits per heavy atom. The van der Waals surface area contributed by atoms with Gasteiger partial charge in [0, 0.05) is 12.6 Å². The van der Waals surface area contributed by atoms with Gasteiger partial charge in [-0.3, -0.25) is 0 Å². The van der Waals surface area contributed by atoms with E-state index in [1.54, 1.807) is 11.3 Å². The van der Waals surface area contributed by atoms with Crippen LogP contribution in [-0.2, 0) is 4.74 Å². The summed E-state index contributed by atoms with van der Waals surface area (Å²) in [6, 6.07) is 2.13. The molecule has 3 heteroatoms. The Morgan fingerprint density at radius 1 is 1.43 bits per heavy atom. The zero-order valence-electron chi connectivity index (χ0n) is 9.07. The van der Waals surface area contributed by atoms with Crippen LogP contribution in [0, 0.1) is 5.92 Å². The van der Waals surface area contributed by atoms with Crippen molar-refractivity contribution in [1.29, 1.82) is 0 Å². The van der Waals surface area contributed by atoms with Crippen LogP contribution in [0.2, 0.25) is 0 Å². The highest BCUT2D eigenvalue weighted by Gasteiger charge is 2.17. The quantitative estimate of drug-likeness (QED) is 0.816. The summed E-state index contributed by atoms with van der Waals surface area (Å²) in [5.74, 6) is 0.551. The van der Waals surface area contributed by atoms with E-state index in [2.05, 4.69) is 30.7 Å². The molecule has 0 amide bonds. The molecule has 1 rings (SSSR count). The standard InChI is InChI=1S/C11H19NOS/c1-8(2)6-13-11(9(3)12)10-4-5-14-7-10/h4-5,7-9,11H,6,12H2,1-3H3. The van der Waals surface area contributed by atoms with Crippen molar-refractivity contribution in [3.63, 3.8) is 0 Å². The zero-order valence-corrected chi connectivity index (χ0v) is 9.88. The molecule has 0 fully saturated rings. The SMILES string of the molecule is CC(C)COC(c1ccsc1)C(C)N. The van der Waals surface area contributed by atoms with Crippen LogP contribution < -0.4 is 5.73 Å². The van der Waals surface area contributed by atoms with E-state index >= 15 is 0 Å². The maximum Gasteiger partial charge on any atom is 0.0981 e. The van der Waals surface area contributed by atoms with Gasteiger partial charge >= 0.3 is 0 Å². The van der Waals surface area contributed by atoms with E-state index in [1.807, 2.05) is 6.92 Å². The molecule has 0 saturated carbocycles. The van der Waals surface area contributed by atoms with Gasteiger partial charge < -0.3 is 10.5 Å². The third-order valence-electron chi connectivity index (χ3n) is 1.96. The molecular formula is C11H19NOS. The summed E-state index contributed by atoms with van der Waals surface area (Å²) in [4.78, 5) is 0. The molecule has 0 saturated heterocycles. The largest absolute Gasteiger partial charge is 0.372 e. The van der Waals surface area contributed by atoms with E-state index in [1.165, 1.54) is 5.56 Å². The summed E-state index contributed by atoms with van der Waals surface area (Å²) < 4.78 is 5.79. The predicted molar refractivity (Wildman–Crippen MR) is 61.5 cm³/mol. The minimum Gasteiger partial charge on any atom is -0.372 e. The highest BCUT2D eigenvalue weighted by atomic mass is 32.1. The van der Waals surface area contributed by atoms with Crippen molar-refractivity contribution < 1.29 is 4.74 Å². The fourth-order valence-electron chi connectivity index (χ4n) is 1.28. The van der Waals surface area contributed by atoms with Gasteiger partial charge in [-0.15, -0.1) is 0 Å². The summed E-state index contributed by atoms with van der Waals surface area (Å²) in [6.45, 7) is 7.04. The average Bonchev–Trinajstić information content (AvgIpc) is 2.56. The minimum absolute atomic E-state index is 0.0448. The highest BCUT2D eigenvalue weighted by molar-refractivity contribution is 7.07. The van der Waals surface area contributed by atoms with E-state index in [-0.39, 0.29) is 12.1 Å². The smallest absolute Gasteiger partial charge is 0.0981 e. The molecule has 0 aliphatic rings. The van der Waals surface area contributed by atoms with Gasteiger partial charge in [0.2, 0.25) is 0 Å². The Balaban J connectivity index is 2.57. The summed E-state index contributed by atoms with van der Waals surface area (Å²) in [5.41, 5.74) is 7.09. The maximum absolute atomic E-state index is 5.89. The fourth-order valence-corrected chi connectivity index (χ4v) is 1.97. The molecule has 1 aromatic rings. The number of nitrogens with two attached hydrogens (primary N) is 1. The molecule has 0 aliphatic heterocycles. The van der Waals surface area contributed by atoms with Crippen molar-refractivity contribution in [3.05, 3.63) is 22.4 Å². The predicted octanol–water partition coefficient (Wildman–Crippen LogP) is 2.81. The van der Waals surface area contributed by atoms with Crippen LogP contribution in [0.15, 0.2) is 16.8 Å². The van der Waals surface area contributed by atoms with E-state index in [9.17, 15) is 0 Å². The molecule has 80 valence electrons. The van der Waals surface area contributed by atoms with E-state index < -0.39 is 0 Å².